The van der Waals surface area contributed by atoms with Crippen molar-refractivity contribution in [3.8, 4) is 16.5 Å². The van der Waals surface area contributed by atoms with E-state index in [0.717, 1.165) is 27.2 Å². The van der Waals surface area contributed by atoms with Crippen LogP contribution in [0, 0.1) is 11.3 Å². The zero-order valence-corrected chi connectivity index (χ0v) is 9.33. The van der Waals surface area contributed by atoms with Crippen LogP contribution in [0.2, 0.25) is 0 Å². The predicted octanol–water partition coefficient (Wildman–Crippen LogP) is 3.29. The maximum atomic E-state index is 10.6. The molecule has 0 amide bonds. The Morgan fingerprint density at radius 1 is 1.19 bits per heavy atom. The number of carbonyl (C=O) groups is 1. The highest BCUT2D eigenvalue weighted by Gasteiger charge is 2.02. The number of aldehydes is 1. The van der Waals surface area contributed by atoms with E-state index >= 15 is 0 Å². The topological polar surface area (TPSA) is 40.9 Å². The smallest absolute Gasteiger partial charge is 0.160 e. The molecule has 0 spiro atoms. The Bertz CT molecular complexity index is 534. The Morgan fingerprint density at radius 2 is 1.94 bits per heavy atom. The molecule has 0 aliphatic heterocycles. The van der Waals surface area contributed by atoms with Gasteiger partial charge in [-0.3, -0.25) is 4.79 Å². The van der Waals surface area contributed by atoms with E-state index in [9.17, 15) is 4.79 Å². The third kappa shape index (κ3) is 2.18. The van der Waals surface area contributed by atoms with Crippen molar-refractivity contribution in [2.45, 2.75) is 6.42 Å². The summed E-state index contributed by atoms with van der Waals surface area (Å²) >= 11 is 1.47. The molecular formula is C13H9NOS. The molecule has 0 N–H and O–H groups in total. The third-order valence-electron chi connectivity index (χ3n) is 2.26. The van der Waals surface area contributed by atoms with Crippen molar-refractivity contribution in [1.82, 2.24) is 0 Å². The first-order valence-electron chi connectivity index (χ1n) is 4.85. The lowest BCUT2D eigenvalue weighted by molar-refractivity contribution is 0.112. The third-order valence-corrected chi connectivity index (χ3v) is 3.32. The van der Waals surface area contributed by atoms with Gasteiger partial charge in [0.25, 0.3) is 0 Å². The van der Waals surface area contributed by atoms with Gasteiger partial charge in [0.05, 0.1) is 17.4 Å². The van der Waals surface area contributed by atoms with E-state index in [2.05, 4.69) is 6.07 Å². The minimum Gasteiger partial charge on any atom is -0.297 e. The normalized spacial score (nSPS) is 9.69. The summed E-state index contributed by atoms with van der Waals surface area (Å²) in [4.78, 5) is 12.4. The summed E-state index contributed by atoms with van der Waals surface area (Å²) in [6.45, 7) is 0. The van der Waals surface area contributed by atoms with Crippen LogP contribution in [0.15, 0.2) is 36.4 Å². The number of thiophene rings is 1. The molecule has 2 rings (SSSR count). The van der Waals surface area contributed by atoms with Crippen LogP contribution in [0.4, 0.5) is 0 Å². The Morgan fingerprint density at radius 3 is 2.50 bits per heavy atom. The second-order valence-electron chi connectivity index (χ2n) is 3.35. The summed E-state index contributed by atoms with van der Waals surface area (Å²) in [5, 5.41) is 8.55. The zero-order chi connectivity index (χ0) is 11.4. The Labute approximate surface area is 97.8 Å². The van der Waals surface area contributed by atoms with Gasteiger partial charge in [0.1, 0.15) is 0 Å². The lowest BCUT2D eigenvalue weighted by atomic mass is 10.1. The maximum Gasteiger partial charge on any atom is 0.160 e. The lowest BCUT2D eigenvalue weighted by Crippen LogP contribution is -1.80. The number of hydrogen-bond donors (Lipinski definition) is 0. The molecule has 0 atom stereocenters. The molecule has 0 unspecified atom stereocenters. The number of hydrogen-bond acceptors (Lipinski definition) is 3. The van der Waals surface area contributed by atoms with Crippen molar-refractivity contribution in [3.63, 3.8) is 0 Å². The molecule has 0 saturated heterocycles. The molecule has 78 valence electrons. The molecular weight excluding hydrogens is 218 g/mol. The Hall–Kier alpha value is -1.92. The van der Waals surface area contributed by atoms with E-state index in [0.29, 0.717) is 6.42 Å². The lowest BCUT2D eigenvalue weighted by Gasteiger charge is -1.98. The van der Waals surface area contributed by atoms with E-state index in [1.807, 2.05) is 36.4 Å². The summed E-state index contributed by atoms with van der Waals surface area (Å²) in [6.07, 6.45) is 1.29. The average molecular weight is 227 g/mol. The van der Waals surface area contributed by atoms with E-state index in [1.54, 1.807) is 0 Å². The molecule has 0 bridgehead atoms. The summed E-state index contributed by atoms with van der Waals surface area (Å²) in [5.41, 5.74) is 2.10. The highest BCUT2D eigenvalue weighted by Crippen LogP contribution is 2.27. The van der Waals surface area contributed by atoms with Crippen LogP contribution in [0.1, 0.15) is 15.2 Å². The SMILES string of the molecule is N#CCc1ccc(-c2ccc(C=O)s2)cc1. The van der Waals surface area contributed by atoms with Crippen molar-refractivity contribution >= 4 is 17.6 Å². The molecule has 16 heavy (non-hydrogen) atoms. The van der Waals surface area contributed by atoms with Crippen LogP contribution in [0.5, 0.6) is 0 Å². The summed E-state index contributed by atoms with van der Waals surface area (Å²) in [7, 11) is 0. The van der Waals surface area contributed by atoms with Crippen molar-refractivity contribution in [3.05, 3.63) is 46.8 Å². The van der Waals surface area contributed by atoms with Crippen LogP contribution >= 0.6 is 11.3 Å². The van der Waals surface area contributed by atoms with Crippen LogP contribution in [0.25, 0.3) is 10.4 Å². The van der Waals surface area contributed by atoms with Gasteiger partial charge in [0.2, 0.25) is 0 Å². The average Bonchev–Trinajstić information content (AvgIpc) is 2.79. The van der Waals surface area contributed by atoms with Crippen LogP contribution in [-0.2, 0) is 6.42 Å². The molecule has 0 radical (unpaired) electrons. The maximum absolute atomic E-state index is 10.6. The molecule has 1 aromatic carbocycles. The molecule has 0 aliphatic carbocycles. The standard InChI is InChI=1S/C13H9NOS/c14-8-7-10-1-3-11(4-2-10)13-6-5-12(9-15)16-13/h1-6,9H,7H2. The minimum atomic E-state index is 0.435. The van der Waals surface area contributed by atoms with Crippen molar-refractivity contribution in [1.29, 1.82) is 5.26 Å². The fourth-order valence-electron chi connectivity index (χ4n) is 1.45. The monoisotopic (exact) mass is 227 g/mol. The quantitative estimate of drug-likeness (QED) is 0.755. The van der Waals surface area contributed by atoms with Gasteiger partial charge in [-0.1, -0.05) is 24.3 Å². The molecule has 2 nitrogen and oxygen atoms in total. The largest absolute Gasteiger partial charge is 0.297 e. The van der Waals surface area contributed by atoms with Gasteiger partial charge in [0, 0.05) is 4.88 Å². The van der Waals surface area contributed by atoms with E-state index in [4.69, 9.17) is 5.26 Å². The van der Waals surface area contributed by atoms with Gasteiger partial charge in [-0.2, -0.15) is 5.26 Å². The van der Waals surface area contributed by atoms with E-state index in [-0.39, 0.29) is 0 Å². The fourth-order valence-corrected chi connectivity index (χ4v) is 2.28. The van der Waals surface area contributed by atoms with Crippen LogP contribution in [-0.4, -0.2) is 6.29 Å². The fraction of sp³-hybridized carbons (Fsp3) is 0.0769. The molecule has 3 heteroatoms. The van der Waals surface area contributed by atoms with E-state index in [1.165, 1.54) is 11.3 Å². The van der Waals surface area contributed by atoms with E-state index < -0.39 is 0 Å². The van der Waals surface area contributed by atoms with Crippen molar-refractivity contribution in [2.24, 2.45) is 0 Å². The first-order chi connectivity index (χ1) is 7.83. The van der Waals surface area contributed by atoms with Gasteiger partial charge in [-0.15, -0.1) is 11.3 Å². The van der Waals surface area contributed by atoms with Gasteiger partial charge < -0.3 is 0 Å². The molecule has 1 aromatic heterocycles. The minimum absolute atomic E-state index is 0.435. The first kappa shape index (κ1) is 10.6. The summed E-state index contributed by atoms with van der Waals surface area (Å²) in [6, 6.07) is 13.7. The summed E-state index contributed by atoms with van der Waals surface area (Å²) < 4.78 is 0. The first-order valence-corrected chi connectivity index (χ1v) is 5.66. The Balaban J connectivity index is 2.27. The van der Waals surface area contributed by atoms with Crippen LogP contribution < -0.4 is 0 Å². The zero-order valence-electron chi connectivity index (χ0n) is 8.51. The van der Waals surface area contributed by atoms with Gasteiger partial charge in [-0.25, -0.2) is 0 Å². The number of rotatable bonds is 3. The summed E-state index contributed by atoms with van der Waals surface area (Å²) in [5.74, 6) is 0. The van der Waals surface area contributed by atoms with Gasteiger partial charge >= 0.3 is 0 Å². The molecule has 0 fully saturated rings. The Kier molecular flexibility index (Phi) is 3.13. The number of benzene rings is 1. The second kappa shape index (κ2) is 4.73. The number of nitriles is 1. The molecule has 1 heterocycles. The van der Waals surface area contributed by atoms with Gasteiger partial charge in [0.15, 0.2) is 6.29 Å². The number of nitrogens with zero attached hydrogens (tertiary/aromatic N) is 1. The van der Waals surface area contributed by atoms with Gasteiger partial charge in [-0.05, 0) is 23.3 Å². The molecule has 0 saturated carbocycles. The predicted molar refractivity (Wildman–Crippen MR) is 64.5 cm³/mol. The van der Waals surface area contributed by atoms with Crippen molar-refractivity contribution in [2.75, 3.05) is 0 Å². The van der Waals surface area contributed by atoms with Crippen LogP contribution in [0.3, 0.4) is 0 Å². The highest BCUT2D eigenvalue weighted by atomic mass is 32.1. The molecule has 0 aliphatic rings. The number of carbonyl (C=O) groups excluding carboxylic acids is 1. The molecule has 2 aromatic rings. The second-order valence-corrected chi connectivity index (χ2v) is 4.47. The highest BCUT2D eigenvalue weighted by molar-refractivity contribution is 7.17. The van der Waals surface area contributed by atoms with Crippen molar-refractivity contribution < 1.29 is 4.79 Å².